The lowest BCUT2D eigenvalue weighted by molar-refractivity contribution is 0.432. The molecular weight excluding hydrogens is 319 g/mol. The molecule has 1 aliphatic rings. The van der Waals surface area contributed by atoms with Gasteiger partial charge in [-0.05, 0) is 37.1 Å². The van der Waals surface area contributed by atoms with Crippen molar-refractivity contribution in [3.8, 4) is 0 Å². The summed E-state index contributed by atoms with van der Waals surface area (Å²) in [6.45, 7) is 3.64. The van der Waals surface area contributed by atoms with E-state index in [2.05, 4.69) is 19.9 Å². The second-order valence-electron chi connectivity index (χ2n) is 6.37. The zero-order chi connectivity index (χ0) is 17.2. The van der Waals surface area contributed by atoms with Crippen LogP contribution in [0, 0.1) is 12.7 Å². The van der Waals surface area contributed by atoms with Gasteiger partial charge in [0.2, 0.25) is 0 Å². The minimum Gasteiger partial charge on any atom is -0.445 e. The SMILES string of the molecule is Cc1nccc(N2CC[C@@H](c3ncc(Cc4cccc(F)c4)o3)C2)n1. The molecule has 0 unspecified atom stereocenters. The van der Waals surface area contributed by atoms with Crippen molar-refractivity contribution in [1.82, 2.24) is 15.0 Å². The van der Waals surface area contributed by atoms with Gasteiger partial charge in [-0.25, -0.2) is 19.3 Å². The summed E-state index contributed by atoms with van der Waals surface area (Å²) in [7, 11) is 0. The predicted octanol–water partition coefficient (Wildman–Crippen LogP) is 3.50. The van der Waals surface area contributed by atoms with Gasteiger partial charge < -0.3 is 9.32 Å². The van der Waals surface area contributed by atoms with Crippen molar-refractivity contribution in [2.24, 2.45) is 0 Å². The molecule has 3 aromatic rings. The number of anilines is 1. The van der Waals surface area contributed by atoms with Gasteiger partial charge in [-0.3, -0.25) is 0 Å². The van der Waals surface area contributed by atoms with E-state index in [0.29, 0.717) is 6.42 Å². The summed E-state index contributed by atoms with van der Waals surface area (Å²) < 4.78 is 19.2. The Bertz CT molecular complexity index is 879. The van der Waals surface area contributed by atoms with Crippen molar-refractivity contribution in [1.29, 1.82) is 0 Å². The summed E-state index contributed by atoms with van der Waals surface area (Å²) in [5.41, 5.74) is 0.882. The molecule has 0 aliphatic carbocycles. The average Bonchev–Trinajstić information content (AvgIpc) is 3.24. The molecule has 25 heavy (non-hydrogen) atoms. The maximum absolute atomic E-state index is 13.3. The molecule has 6 heteroatoms. The molecule has 3 heterocycles. The number of hydrogen-bond acceptors (Lipinski definition) is 5. The highest BCUT2D eigenvalue weighted by Crippen LogP contribution is 2.30. The number of aromatic nitrogens is 3. The molecule has 4 rings (SSSR count). The van der Waals surface area contributed by atoms with Crippen LogP contribution in [-0.4, -0.2) is 28.0 Å². The molecule has 0 bridgehead atoms. The first kappa shape index (κ1) is 15.7. The first-order chi connectivity index (χ1) is 12.2. The Labute approximate surface area is 145 Å². The number of aryl methyl sites for hydroxylation is 1. The molecule has 1 aromatic carbocycles. The van der Waals surface area contributed by atoms with Crippen molar-refractivity contribution < 1.29 is 8.81 Å². The minimum atomic E-state index is -0.233. The molecule has 1 fully saturated rings. The number of halogens is 1. The van der Waals surface area contributed by atoms with Crippen LogP contribution in [-0.2, 0) is 6.42 Å². The number of rotatable bonds is 4. The van der Waals surface area contributed by atoms with Gasteiger partial charge in [0, 0.05) is 25.7 Å². The van der Waals surface area contributed by atoms with E-state index in [1.165, 1.54) is 12.1 Å². The molecule has 1 aliphatic heterocycles. The number of oxazole rings is 1. The van der Waals surface area contributed by atoms with Crippen LogP contribution in [0.25, 0.3) is 0 Å². The molecule has 128 valence electrons. The van der Waals surface area contributed by atoms with Gasteiger partial charge in [0.05, 0.1) is 12.1 Å². The fourth-order valence-electron chi connectivity index (χ4n) is 3.23. The van der Waals surface area contributed by atoms with E-state index in [4.69, 9.17) is 4.42 Å². The second-order valence-corrected chi connectivity index (χ2v) is 6.37. The van der Waals surface area contributed by atoms with Gasteiger partial charge in [-0.2, -0.15) is 0 Å². The third-order valence-electron chi connectivity index (χ3n) is 4.46. The molecule has 1 saturated heterocycles. The molecule has 0 saturated carbocycles. The first-order valence-electron chi connectivity index (χ1n) is 8.41. The Morgan fingerprint density at radius 3 is 3.04 bits per heavy atom. The summed E-state index contributed by atoms with van der Waals surface area (Å²) >= 11 is 0. The Hall–Kier alpha value is -2.76. The van der Waals surface area contributed by atoms with E-state index in [1.807, 2.05) is 19.1 Å². The van der Waals surface area contributed by atoms with Crippen LogP contribution in [0.5, 0.6) is 0 Å². The van der Waals surface area contributed by atoms with Crippen molar-refractivity contribution in [2.45, 2.75) is 25.7 Å². The Balaban J connectivity index is 1.44. The van der Waals surface area contributed by atoms with E-state index in [-0.39, 0.29) is 11.7 Å². The zero-order valence-corrected chi connectivity index (χ0v) is 14.0. The standard InChI is InChI=1S/C19H19FN4O/c1-13-21-7-5-18(23-13)24-8-6-15(12-24)19-22-11-17(25-19)10-14-3-2-4-16(20)9-14/h2-5,7,9,11,15H,6,8,10,12H2,1H3/t15-/m1/s1. The number of nitrogens with zero attached hydrogens (tertiary/aromatic N) is 4. The Morgan fingerprint density at radius 2 is 2.20 bits per heavy atom. The first-order valence-corrected chi connectivity index (χ1v) is 8.41. The Kier molecular flexibility index (Phi) is 4.17. The van der Waals surface area contributed by atoms with Crippen molar-refractivity contribution in [3.63, 3.8) is 0 Å². The lowest BCUT2D eigenvalue weighted by atomic mass is 10.1. The highest BCUT2D eigenvalue weighted by atomic mass is 19.1. The molecule has 0 spiro atoms. The van der Waals surface area contributed by atoms with Gasteiger partial charge in [0.25, 0.3) is 0 Å². The van der Waals surface area contributed by atoms with Crippen LogP contribution in [0.2, 0.25) is 0 Å². The smallest absolute Gasteiger partial charge is 0.199 e. The zero-order valence-electron chi connectivity index (χ0n) is 14.0. The summed E-state index contributed by atoms with van der Waals surface area (Å²) in [5, 5.41) is 0. The average molecular weight is 338 g/mol. The van der Waals surface area contributed by atoms with E-state index in [0.717, 1.165) is 48.4 Å². The number of hydrogen-bond donors (Lipinski definition) is 0. The quantitative estimate of drug-likeness (QED) is 0.729. The van der Waals surface area contributed by atoms with Crippen LogP contribution in [0.15, 0.2) is 47.1 Å². The third-order valence-corrected chi connectivity index (χ3v) is 4.46. The summed E-state index contributed by atoms with van der Waals surface area (Å²) in [6.07, 6.45) is 5.06. The van der Waals surface area contributed by atoms with E-state index < -0.39 is 0 Å². The highest BCUT2D eigenvalue weighted by Gasteiger charge is 2.28. The molecule has 5 nitrogen and oxygen atoms in total. The predicted molar refractivity (Wildman–Crippen MR) is 92.0 cm³/mol. The van der Waals surface area contributed by atoms with E-state index >= 15 is 0 Å². The minimum absolute atomic E-state index is 0.233. The van der Waals surface area contributed by atoms with E-state index in [9.17, 15) is 4.39 Å². The van der Waals surface area contributed by atoms with Gasteiger partial charge in [0.15, 0.2) is 5.89 Å². The maximum Gasteiger partial charge on any atom is 0.199 e. The van der Waals surface area contributed by atoms with Crippen LogP contribution in [0.4, 0.5) is 10.2 Å². The third kappa shape index (κ3) is 3.52. The molecule has 0 radical (unpaired) electrons. The maximum atomic E-state index is 13.3. The van der Waals surface area contributed by atoms with Crippen LogP contribution < -0.4 is 4.90 Å². The monoisotopic (exact) mass is 338 g/mol. The van der Waals surface area contributed by atoms with Gasteiger partial charge in [0.1, 0.15) is 23.2 Å². The van der Waals surface area contributed by atoms with Gasteiger partial charge in [-0.15, -0.1) is 0 Å². The summed E-state index contributed by atoms with van der Waals surface area (Å²) in [4.78, 5) is 15.3. The van der Waals surface area contributed by atoms with Gasteiger partial charge in [-0.1, -0.05) is 12.1 Å². The molecule has 0 N–H and O–H groups in total. The Morgan fingerprint density at radius 1 is 1.28 bits per heavy atom. The largest absolute Gasteiger partial charge is 0.445 e. The van der Waals surface area contributed by atoms with Gasteiger partial charge >= 0.3 is 0 Å². The van der Waals surface area contributed by atoms with Crippen LogP contribution in [0.1, 0.15) is 35.4 Å². The van der Waals surface area contributed by atoms with E-state index in [1.54, 1.807) is 18.5 Å². The van der Waals surface area contributed by atoms with Crippen LogP contribution in [0.3, 0.4) is 0 Å². The lowest BCUT2D eigenvalue weighted by Gasteiger charge is -2.16. The van der Waals surface area contributed by atoms with Crippen molar-refractivity contribution >= 4 is 5.82 Å². The number of benzene rings is 1. The van der Waals surface area contributed by atoms with Crippen molar-refractivity contribution in [2.75, 3.05) is 18.0 Å². The summed E-state index contributed by atoms with van der Waals surface area (Å²) in [5.74, 6) is 3.24. The molecule has 1 atom stereocenters. The van der Waals surface area contributed by atoms with Crippen molar-refractivity contribution in [3.05, 3.63) is 71.6 Å². The fourth-order valence-corrected chi connectivity index (χ4v) is 3.23. The molecular formula is C19H19FN4O. The lowest BCUT2D eigenvalue weighted by Crippen LogP contribution is -2.20. The van der Waals surface area contributed by atoms with Crippen LogP contribution >= 0.6 is 0 Å². The topological polar surface area (TPSA) is 55.1 Å². The summed E-state index contributed by atoms with van der Waals surface area (Å²) in [6, 6.07) is 8.50. The normalized spacial score (nSPS) is 17.2. The molecule has 0 amide bonds. The second kappa shape index (κ2) is 6.63. The molecule has 2 aromatic heterocycles. The fraction of sp³-hybridized carbons (Fsp3) is 0.316. The highest BCUT2D eigenvalue weighted by molar-refractivity contribution is 5.39.